The van der Waals surface area contributed by atoms with Gasteiger partial charge in [0.2, 0.25) is 5.75 Å². The number of likely N-dealkylation sites (tertiary alicyclic amines) is 1. The predicted molar refractivity (Wildman–Crippen MR) is 94.9 cm³/mol. The Morgan fingerprint density at radius 3 is 2.52 bits per heavy atom. The van der Waals surface area contributed by atoms with Crippen LogP contribution in [0.15, 0.2) is 36.4 Å². The number of hydrogen-bond donors (Lipinski definition) is 0. The van der Waals surface area contributed by atoms with Gasteiger partial charge in [0, 0.05) is 18.2 Å². The van der Waals surface area contributed by atoms with Gasteiger partial charge in [0.25, 0.3) is 0 Å². The van der Waals surface area contributed by atoms with Crippen molar-refractivity contribution in [3.63, 3.8) is 0 Å². The van der Waals surface area contributed by atoms with Crippen molar-refractivity contribution in [2.75, 3.05) is 27.9 Å². The molecule has 3 rings (SSSR count). The largest absolute Gasteiger partial charge is 0.493 e. The zero-order valence-corrected chi connectivity index (χ0v) is 14.9. The smallest absolute Gasteiger partial charge is 0.203 e. The van der Waals surface area contributed by atoms with E-state index in [4.69, 9.17) is 14.2 Å². The van der Waals surface area contributed by atoms with E-state index in [1.165, 1.54) is 6.07 Å². The molecule has 134 valence electrons. The minimum atomic E-state index is -0.187. The fourth-order valence-corrected chi connectivity index (χ4v) is 3.61. The summed E-state index contributed by atoms with van der Waals surface area (Å²) in [6, 6.07) is 11.0. The number of ether oxygens (including phenoxy) is 3. The number of hydrogen-bond acceptors (Lipinski definition) is 4. The highest BCUT2D eigenvalue weighted by molar-refractivity contribution is 5.55. The van der Waals surface area contributed by atoms with Gasteiger partial charge in [0.05, 0.1) is 21.3 Å². The minimum Gasteiger partial charge on any atom is -0.493 e. The second kappa shape index (κ2) is 7.74. The Bertz CT molecular complexity index is 735. The van der Waals surface area contributed by atoms with Crippen molar-refractivity contribution in [2.45, 2.75) is 25.4 Å². The summed E-state index contributed by atoms with van der Waals surface area (Å²) < 4.78 is 30.0. The summed E-state index contributed by atoms with van der Waals surface area (Å²) in [5, 5.41) is 0. The molecule has 0 saturated carbocycles. The average molecular weight is 345 g/mol. The molecule has 2 aromatic carbocycles. The van der Waals surface area contributed by atoms with Crippen molar-refractivity contribution < 1.29 is 18.6 Å². The Labute approximate surface area is 148 Å². The molecule has 0 radical (unpaired) electrons. The van der Waals surface area contributed by atoms with Crippen LogP contribution in [0.25, 0.3) is 0 Å². The van der Waals surface area contributed by atoms with E-state index >= 15 is 0 Å². The lowest BCUT2D eigenvalue weighted by molar-refractivity contribution is 0.241. The SMILES string of the molecule is COc1ccc(CN2CCC[C@@H]2c2cccc(F)c2)c(OC)c1OC. The second-order valence-corrected chi connectivity index (χ2v) is 6.18. The average Bonchev–Trinajstić information content (AvgIpc) is 3.09. The van der Waals surface area contributed by atoms with Gasteiger partial charge in [0.1, 0.15) is 5.82 Å². The van der Waals surface area contributed by atoms with Gasteiger partial charge in [-0.3, -0.25) is 4.90 Å². The number of benzene rings is 2. The Morgan fingerprint density at radius 1 is 1.04 bits per heavy atom. The molecule has 0 unspecified atom stereocenters. The summed E-state index contributed by atoms with van der Waals surface area (Å²) >= 11 is 0. The van der Waals surface area contributed by atoms with Gasteiger partial charge in [-0.25, -0.2) is 4.39 Å². The second-order valence-electron chi connectivity index (χ2n) is 6.18. The monoisotopic (exact) mass is 345 g/mol. The van der Waals surface area contributed by atoms with Crippen LogP contribution in [0.2, 0.25) is 0 Å². The van der Waals surface area contributed by atoms with E-state index in [9.17, 15) is 4.39 Å². The number of nitrogens with zero attached hydrogens (tertiary/aromatic N) is 1. The molecule has 0 spiro atoms. The Morgan fingerprint density at radius 2 is 1.84 bits per heavy atom. The third-order valence-electron chi connectivity index (χ3n) is 4.76. The van der Waals surface area contributed by atoms with Gasteiger partial charge in [0.15, 0.2) is 11.5 Å². The third kappa shape index (κ3) is 3.56. The van der Waals surface area contributed by atoms with Crippen LogP contribution in [0.4, 0.5) is 4.39 Å². The zero-order valence-electron chi connectivity index (χ0n) is 14.9. The Hall–Kier alpha value is -2.27. The van der Waals surface area contributed by atoms with Gasteiger partial charge < -0.3 is 14.2 Å². The lowest BCUT2D eigenvalue weighted by atomic mass is 10.0. The molecule has 0 aromatic heterocycles. The van der Waals surface area contributed by atoms with Gasteiger partial charge in [-0.1, -0.05) is 18.2 Å². The topological polar surface area (TPSA) is 30.9 Å². The van der Waals surface area contributed by atoms with Gasteiger partial charge in [-0.2, -0.15) is 0 Å². The molecule has 0 N–H and O–H groups in total. The van der Waals surface area contributed by atoms with E-state index in [0.717, 1.165) is 30.5 Å². The maximum absolute atomic E-state index is 13.6. The first-order valence-electron chi connectivity index (χ1n) is 8.45. The van der Waals surface area contributed by atoms with Crippen molar-refractivity contribution in [1.82, 2.24) is 4.90 Å². The van der Waals surface area contributed by atoms with Gasteiger partial charge in [-0.15, -0.1) is 0 Å². The van der Waals surface area contributed by atoms with Crippen LogP contribution >= 0.6 is 0 Å². The molecule has 1 saturated heterocycles. The van der Waals surface area contributed by atoms with Crippen LogP contribution in [0.3, 0.4) is 0 Å². The maximum Gasteiger partial charge on any atom is 0.203 e. The quantitative estimate of drug-likeness (QED) is 0.785. The summed E-state index contributed by atoms with van der Waals surface area (Å²) in [4.78, 5) is 2.36. The van der Waals surface area contributed by atoms with Crippen molar-refractivity contribution in [3.05, 3.63) is 53.3 Å². The fourth-order valence-electron chi connectivity index (χ4n) is 3.61. The Balaban J connectivity index is 1.88. The first-order valence-corrected chi connectivity index (χ1v) is 8.45. The molecule has 4 nitrogen and oxygen atoms in total. The van der Waals surface area contributed by atoms with Gasteiger partial charge in [-0.05, 0) is 43.1 Å². The molecule has 0 amide bonds. The first-order chi connectivity index (χ1) is 12.2. The molecule has 25 heavy (non-hydrogen) atoms. The molecule has 1 aliphatic rings. The van der Waals surface area contributed by atoms with E-state index in [0.29, 0.717) is 23.8 Å². The minimum absolute atomic E-state index is 0.187. The van der Waals surface area contributed by atoms with Crippen LogP contribution < -0.4 is 14.2 Å². The maximum atomic E-state index is 13.6. The van der Waals surface area contributed by atoms with Crippen molar-refractivity contribution in [2.24, 2.45) is 0 Å². The number of halogens is 1. The normalized spacial score (nSPS) is 17.5. The molecule has 5 heteroatoms. The molecule has 1 atom stereocenters. The van der Waals surface area contributed by atoms with Crippen molar-refractivity contribution in [3.8, 4) is 17.2 Å². The molecule has 1 heterocycles. The van der Waals surface area contributed by atoms with Crippen LogP contribution in [-0.2, 0) is 6.54 Å². The molecule has 1 aliphatic heterocycles. The van der Waals surface area contributed by atoms with E-state index in [1.54, 1.807) is 33.5 Å². The van der Waals surface area contributed by atoms with E-state index < -0.39 is 0 Å². The summed E-state index contributed by atoms with van der Waals surface area (Å²) in [5.74, 6) is 1.75. The highest BCUT2D eigenvalue weighted by Gasteiger charge is 2.28. The van der Waals surface area contributed by atoms with Crippen LogP contribution in [-0.4, -0.2) is 32.8 Å². The molecular formula is C20H24FNO3. The van der Waals surface area contributed by atoms with Crippen LogP contribution in [0.5, 0.6) is 17.2 Å². The molecule has 2 aromatic rings. The Kier molecular flexibility index (Phi) is 5.43. The lowest BCUT2D eigenvalue weighted by Crippen LogP contribution is -2.23. The fraction of sp³-hybridized carbons (Fsp3) is 0.400. The van der Waals surface area contributed by atoms with Crippen LogP contribution in [0.1, 0.15) is 30.0 Å². The summed E-state index contributed by atoms with van der Waals surface area (Å²) in [6.07, 6.45) is 2.12. The predicted octanol–water partition coefficient (Wildman–Crippen LogP) is 4.19. The summed E-state index contributed by atoms with van der Waals surface area (Å²) in [6.45, 7) is 1.68. The summed E-state index contributed by atoms with van der Waals surface area (Å²) in [7, 11) is 4.85. The third-order valence-corrected chi connectivity index (χ3v) is 4.76. The number of methoxy groups -OCH3 is 3. The highest BCUT2D eigenvalue weighted by Crippen LogP contribution is 2.42. The van der Waals surface area contributed by atoms with E-state index in [2.05, 4.69) is 4.90 Å². The van der Waals surface area contributed by atoms with Crippen LogP contribution in [0, 0.1) is 5.82 Å². The number of rotatable bonds is 6. The summed E-state index contributed by atoms with van der Waals surface area (Å²) in [5.41, 5.74) is 2.06. The molecule has 1 fully saturated rings. The zero-order chi connectivity index (χ0) is 17.8. The van der Waals surface area contributed by atoms with E-state index in [1.807, 2.05) is 18.2 Å². The van der Waals surface area contributed by atoms with Crippen molar-refractivity contribution >= 4 is 0 Å². The molecular weight excluding hydrogens is 321 g/mol. The highest BCUT2D eigenvalue weighted by atomic mass is 19.1. The molecule has 0 bridgehead atoms. The van der Waals surface area contributed by atoms with Gasteiger partial charge >= 0.3 is 0 Å². The van der Waals surface area contributed by atoms with E-state index in [-0.39, 0.29) is 11.9 Å². The van der Waals surface area contributed by atoms with Crippen molar-refractivity contribution in [1.29, 1.82) is 0 Å². The molecule has 0 aliphatic carbocycles. The first kappa shape index (κ1) is 17.5. The lowest BCUT2D eigenvalue weighted by Gasteiger charge is -2.26. The standard InChI is InChI=1S/C20H24FNO3/c1-23-18-10-9-15(19(24-2)20(18)25-3)13-22-11-5-8-17(22)14-6-4-7-16(21)12-14/h4,6-7,9-10,12,17H,5,8,11,13H2,1-3H3/t17-/m1/s1.